The molecule has 63 valence electrons. The van der Waals surface area contributed by atoms with Crippen molar-refractivity contribution < 1.29 is 59.0 Å². The number of ether oxygens (including phenoxy) is 1. The molecule has 0 bridgehead atoms. The molecule has 0 spiro atoms. The van der Waals surface area contributed by atoms with E-state index in [1.54, 1.807) is 0 Å². The van der Waals surface area contributed by atoms with Gasteiger partial charge in [-0.2, -0.15) is 0 Å². The molecular formula is C6H12AcNO3-. The molecule has 1 heterocycles. The number of aliphatic hydroxyl groups is 2. The number of hydrogen-bond donors (Lipinski definition) is 2. The summed E-state index contributed by atoms with van der Waals surface area (Å²) in [7, 11) is 0. The van der Waals surface area contributed by atoms with Crippen LogP contribution in [-0.4, -0.2) is 41.7 Å². The van der Waals surface area contributed by atoms with Crippen molar-refractivity contribution in [3.05, 3.63) is 5.73 Å². The molecule has 1 saturated heterocycles. The van der Waals surface area contributed by atoms with Crippen molar-refractivity contribution in [1.82, 2.24) is 0 Å². The average Bonchev–Trinajstić information content (AvgIpc) is 1.88. The standard InChI is InChI=1S/C6H12NO3.Ac/c7-4-1-5(9)6(2-8)10-3-4;/h4-9H,1-3H2;/q-1;/t4?,5-,6?;/m1./s1. The van der Waals surface area contributed by atoms with E-state index in [2.05, 4.69) is 0 Å². The fraction of sp³-hybridized carbons (Fsp3) is 1.00. The van der Waals surface area contributed by atoms with E-state index < -0.39 is 12.2 Å². The van der Waals surface area contributed by atoms with Crippen LogP contribution in [0.3, 0.4) is 0 Å². The minimum absolute atomic E-state index is 0. The van der Waals surface area contributed by atoms with Crippen LogP contribution < -0.4 is 0 Å². The summed E-state index contributed by atoms with van der Waals surface area (Å²) in [5.41, 5.74) is 7.20. The Morgan fingerprint density at radius 3 is 2.64 bits per heavy atom. The normalized spacial score (nSPS) is 37.9. The van der Waals surface area contributed by atoms with E-state index in [0.29, 0.717) is 13.0 Å². The van der Waals surface area contributed by atoms with E-state index in [1.807, 2.05) is 0 Å². The first-order valence-electron chi connectivity index (χ1n) is 3.35. The van der Waals surface area contributed by atoms with E-state index in [0.717, 1.165) is 0 Å². The average molecular weight is 373 g/mol. The van der Waals surface area contributed by atoms with E-state index in [4.69, 9.17) is 20.7 Å². The Labute approximate surface area is 102 Å². The van der Waals surface area contributed by atoms with Gasteiger partial charge in [-0.15, -0.1) is 6.04 Å². The fourth-order valence-electron chi connectivity index (χ4n) is 1.04. The van der Waals surface area contributed by atoms with Crippen LogP contribution in [0.15, 0.2) is 0 Å². The van der Waals surface area contributed by atoms with Gasteiger partial charge in [-0.05, 0) is 6.42 Å². The van der Waals surface area contributed by atoms with Crippen molar-refractivity contribution in [3.8, 4) is 0 Å². The van der Waals surface area contributed by atoms with Crippen molar-refractivity contribution in [2.45, 2.75) is 24.7 Å². The second-order valence-corrected chi connectivity index (χ2v) is 2.55. The molecule has 1 aliphatic heterocycles. The molecule has 0 aromatic rings. The molecule has 4 nitrogen and oxygen atoms in total. The van der Waals surface area contributed by atoms with Crippen molar-refractivity contribution in [2.24, 2.45) is 0 Å². The zero-order valence-electron chi connectivity index (χ0n) is 6.23. The predicted octanol–water partition coefficient (Wildman–Crippen LogP) is -0.451. The van der Waals surface area contributed by atoms with Crippen LogP contribution in [0.2, 0.25) is 0 Å². The van der Waals surface area contributed by atoms with Crippen LogP contribution in [0.5, 0.6) is 0 Å². The minimum atomic E-state index is -0.666. The monoisotopic (exact) mass is 373 g/mol. The number of nitrogens with one attached hydrogen (secondary N) is 1. The molecule has 0 saturated carbocycles. The van der Waals surface area contributed by atoms with E-state index in [1.165, 1.54) is 0 Å². The van der Waals surface area contributed by atoms with Gasteiger partial charge in [-0.25, -0.2) is 0 Å². The molecule has 5 heteroatoms. The summed E-state index contributed by atoms with van der Waals surface area (Å²) in [5.74, 6) is 0. The summed E-state index contributed by atoms with van der Waals surface area (Å²) in [6, 6.07) is -0.335. The van der Waals surface area contributed by atoms with E-state index >= 15 is 0 Å². The van der Waals surface area contributed by atoms with E-state index in [9.17, 15) is 0 Å². The maximum absolute atomic E-state index is 9.13. The van der Waals surface area contributed by atoms with Crippen LogP contribution in [0.25, 0.3) is 5.73 Å². The largest absolute Gasteiger partial charge is 0.673 e. The second-order valence-electron chi connectivity index (χ2n) is 2.55. The van der Waals surface area contributed by atoms with Gasteiger partial charge in [-0.3, -0.25) is 0 Å². The Morgan fingerprint density at radius 1 is 1.55 bits per heavy atom. The third-order valence-corrected chi connectivity index (χ3v) is 1.65. The van der Waals surface area contributed by atoms with Gasteiger partial charge in [0.2, 0.25) is 0 Å². The number of rotatable bonds is 1. The minimum Gasteiger partial charge on any atom is -0.673 e. The molecule has 1 fully saturated rings. The molecule has 0 aromatic carbocycles. The Balaban J connectivity index is 0.000001000. The summed E-state index contributed by atoms with van der Waals surface area (Å²) in [6.07, 6.45) is -0.728. The third kappa shape index (κ3) is 3.67. The third-order valence-electron chi connectivity index (χ3n) is 1.65. The molecular weight excluding hydrogens is 361 g/mol. The summed E-state index contributed by atoms with van der Waals surface area (Å²) in [4.78, 5) is 0. The topological polar surface area (TPSA) is 73.5 Å². The van der Waals surface area contributed by atoms with Crippen LogP contribution in [-0.2, 0) is 4.74 Å². The van der Waals surface area contributed by atoms with Crippen molar-refractivity contribution in [2.75, 3.05) is 13.2 Å². The molecule has 0 aromatic heterocycles. The van der Waals surface area contributed by atoms with Crippen LogP contribution >= 0.6 is 0 Å². The Hall–Kier alpha value is 1.28. The number of aliphatic hydroxyl groups excluding tert-OH is 2. The van der Waals surface area contributed by atoms with Gasteiger partial charge < -0.3 is 20.7 Å². The quantitative estimate of drug-likeness (QED) is 0.654. The Bertz CT molecular complexity index is 114. The number of hydrogen-bond acceptors (Lipinski definition) is 3. The van der Waals surface area contributed by atoms with Crippen LogP contribution in [0, 0.1) is 44.1 Å². The van der Waals surface area contributed by atoms with Crippen LogP contribution in [0.1, 0.15) is 6.42 Å². The Morgan fingerprint density at radius 2 is 2.18 bits per heavy atom. The van der Waals surface area contributed by atoms with Gasteiger partial charge in [0, 0.05) is 50.7 Å². The van der Waals surface area contributed by atoms with E-state index in [-0.39, 0.29) is 56.7 Å². The molecule has 3 atom stereocenters. The Kier molecular flexibility index (Phi) is 6.53. The summed E-state index contributed by atoms with van der Waals surface area (Å²) in [6.45, 7) is 0.163. The van der Waals surface area contributed by atoms with Gasteiger partial charge in [-0.1, -0.05) is 0 Å². The maximum atomic E-state index is 9.13. The van der Waals surface area contributed by atoms with Crippen molar-refractivity contribution in [3.63, 3.8) is 0 Å². The van der Waals surface area contributed by atoms with Gasteiger partial charge in [0.15, 0.2) is 0 Å². The summed E-state index contributed by atoms with van der Waals surface area (Å²) in [5, 5.41) is 17.7. The first-order valence-corrected chi connectivity index (χ1v) is 3.35. The first kappa shape index (κ1) is 12.3. The molecule has 1 radical (unpaired) electrons. The van der Waals surface area contributed by atoms with Gasteiger partial charge >= 0.3 is 0 Å². The molecule has 1 rings (SSSR count). The SMILES string of the molecule is [Ac].[NH-]C1COC(CO)[C@H](O)C1. The zero-order chi connectivity index (χ0) is 7.56. The molecule has 0 amide bonds. The van der Waals surface area contributed by atoms with Crippen LogP contribution in [0.4, 0.5) is 0 Å². The summed E-state index contributed by atoms with van der Waals surface area (Å²) < 4.78 is 4.96. The van der Waals surface area contributed by atoms with Crippen molar-refractivity contribution in [1.29, 1.82) is 0 Å². The summed E-state index contributed by atoms with van der Waals surface area (Å²) >= 11 is 0. The first-order chi connectivity index (χ1) is 4.74. The molecule has 11 heavy (non-hydrogen) atoms. The second kappa shape index (κ2) is 5.85. The smallest absolute Gasteiger partial charge is 0.106 e. The molecule has 0 aliphatic carbocycles. The zero-order valence-corrected chi connectivity index (χ0v) is 11.0. The molecule has 3 N–H and O–H groups in total. The molecule has 1 aliphatic rings. The van der Waals surface area contributed by atoms with Gasteiger partial charge in [0.05, 0.1) is 12.7 Å². The van der Waals surface area contributed by atoms with Crippen molar-refractivity contribution >= 4 is 0 Å². The van der Waals surface area contributed by atoms with Gasteiger partial charge in [0.1, 0.15) is 6.10 Å². The maximum Gasteiger partial charge on any atom is 0.106 e. The predicted molar refractivity (Wildman–Crippen MR) is 35.6 cm³/mol. The van der Waals surface area contributed by atoms with Gasteiger partial charge in [0.25, 0.3) is 0 Å². The molecule has 2 unspecified atom stereocenters. The fourth-order valence-corrected chi connectivity index (χ4v) is 1.04.